The number of nitro groups is 1. The zero-order chi connectivity index (χ0) is 25.1. The molecule has 0 atom stereocenters. The molecule has 1 heterocycles. The summed E-state index contributed by atoms with van der Waals surface area (Å²) in [6.45, 7) is 0. The maximum Gasteiger partial charge on any atom is 0.269 e. The molecule has 0 fully saturated rings. The Morgan fingerprint density at radius 3 is 2.34 bits per heavy atom. The standard InChI is InChI=1S/C24H20FN3O6S/c1-32-19-12-18-20(22(34-3)21(19)33-2)26-24(27(23(18)29)17-6-4-5-15(25)11-17)35-13-14-7-9-16(10-8-14)28(30)31/h4-12H,13H2,1-3H3. The molecule has 0 aliphatic rings. The van der Waals surface area contributed by atoms with Gasteiger partial charge in [0.05, 0.1) is 37.3 Å². The molecule has 9 nitrogen and oxygen atoms in total. The van der Waals surface area contributed by atoms with Crippen molar-refractivity contribution in [2.45, 2.75) is 10.9 Å². The lowest BCUT2D eigenvalue weighted by Crippen LogP contribution is -2.22. The predicted octanol–water partition coefficient (Wildman–Crippen LogP) is 4.75. The Labute approximate surface area is 203 Å². The van der Waals surface area contributed by atoms with Gasteiger partial charge in [-0.25, -0.2) is 9.37 Å². The van der Waals surface area contributed by atoms with E-state index in [1.165, 1.54) is 74.1 Å². The predicted molar refractivity (Wildman–Crippen MR) is 130 cm³/mol. The lowest BCUT2D eigenvalue weighted by atomic mass is 10.2. The third-order valence-corrected chi connectivity index (χ3v) is 6.23. The Morgan fingerprint density at radius 1 is 1.03 bits per heavy atom. The molecule has 0 aliphatic carbocycles. The molecule has 4 aromatic rings. The highest BCUT2D eigenvalue weighted by Gasteiger charge is 2.23. The van der Waals surface area contributed by atoms with Crippen molar-refractivity contribution < 1.29 is 23.5 Å². The van der Waals surface area contributed by atoms with Crippen molar-refractivity contribution in [1.82, 2.24) is 9.55 Å². The average molecular weight is 498 g/mol. The fourth-order valence-corrected chi connectivity index (χ4v) is 4.53. The Bertz CT molecular complexity index is 1470. The van der Waals surface area contributed by atoms with E-state index >= 15 is 0 Å². The Balaban J connectivity index is 1.91. The highest BCUT2D eigenvalue weighted by atomic mass is 32.2. The summed E-state index contributed by atoms with van der Waals surface area (Å²) in [6, 6.07) is 13.2. The van der Waals surface area contributed by atoms with Gasteiger partial charge in [-0.15, -0.1) is 0 Å². The minimum absolute atomic E-state index is 0.0231. The number of halogens is 1. The number of fused-ring (bicyclic) bond motifs is 1. The zero-order valence-electron chi connectivity index (χ0n) is 19.0. The van der Waals surface area contributed by atoms with E-state index in [1.807, 2.05) is 0 Å². The van der Waals surface area contributed by atoms with Crippen LogP contribution in [0.5, 0.6) is 17.2 Å². The molecule has 180 valence electrons. The minimum Gasteiger partial charge on any atom is -0.493 e. The average Bonchev–Trinajstić information content (AvgIpc) is 2.86. The number of hydrogen-bond donors (Lipinski definition) is 0. The van der Waals surface area contributed by atoms with Gasteiger partial charge in [0.1, 0.15) is 11.3 Å². The van der Waals surface area contributed by atoms with E-state index in [-0.39, 0.29) is 39.0 Å². The number of hydrogen-bond acceptors (Lipinski definition) is 8. The van der Waals surface area contributed by atoms with E-state index in [4.69, 9.17) is 19.2 Å². The van der Waals surface area contributed by atoms with Crippen LogP contribution in [0.1, 0.15) is 5.56 Å². The lowest BCUT2D eigenvalue weighted by molar-refractivity contribution is -0.384. The summed E-state index contributed by atoms with van der Waals surface area (Å²) < 4.78 is 31.7. The van der Waals surface area contributed by atoms with Gasteiger partial charge in [0.15, 0.2) is 16.7 Å². The maximum absolute atomic E-state index is 14.1. The molecule has 11 heteroatoms. The molecule has 0 unspecified atom stereocenters. The Morgan fingerprint density at radius 2 is 1.74 bits per heavy atom. The van der Waals surface area contributed by atoms with E-state index in [1.54, 1.807) is 18.2 Å². The molecule has 1 aromatic heterocycles. The zero-order valence-corrected chi connectivity index (χ0v) is 19.8. The van der Waals surface area contributed by atoms with E-state index in [0.29, 0.717) is 11.4 Å². The number of non-ortho nitro benzene ring substituents is 1. The summed E-state index contributed by atoms with van der Waals surface area (Å²) in [4.78, 5) is 28.8. The van der Waals surface area contributed by atoms with Gasteiger partial charge in [-0.05, 0) is 29.8 Å². The molecule has 0 saturated heterocycles. The van der Waals surface area contributed by atoms with Gasteiger partial charge >= 0.3 is 0 Å². The van der Waals surface area contributed by atoms with E-state index < -0.39 is 16.3 Å². The Hall–Kier alpha value is -4.12. The number of nitro benzene ring substituents is 1. The smallest absolute Gasteiger partial charge is 0.269 e. The van der Waals surface area contributed by atoms with Crippen LogP contribution < -0.4 is 19.8 Å². The summed E-state index contributed by atoms with van der Waals surface area (Å²) in [5.74, 6) is 0.631. The molecule has 0 aliphatic heterocycles. The third-order valence-electron chi connectivity index (χ3n) is 5.22. The van der Waals surface area contributed by atoms with Crippen LogP contribution in [0.3, 0.4) is 0 Å². The summed E-state index contributed by atoms with van der Waals surface area (Å²) in [5.41, 5.74) is 0.856. The van der Waals surface area contributed by atoms with Crippen molar-refractivity contribution in [2.75, 3.05) is 21.3 Å². The largest absolute Gasteiger partial charge is 0.493 e. The second-order valence-corrected chi connectivity index (χ2v) is 8.21. The van der Waals surface area contributed by atoms with Crippen molar-refractivity contribution in [3.05, 3.63) is 86.4 Å². The molecule has 0 bridgehead atoms. The monoisotopic (exact) mass is 497 g/mol. The number of nitrogens with zero attached hydrogens (tertiary/aromatic N) is 3. The summed E-state index contributed by atoms with van der Waals surface area (Å²) >= 11 is 1.22. The molecule has 0 saturated carbocycles. The van der Waals surface area contributed by atoms with Crippen molar-refractivity contribution in [3.8, 4) is 22.9 Å². The van der Waals surface area contributed by atoms with Crippen LogP contribution in [-0.2, 0) is 5.75 Å². The summed E-state index contributed by atoms with van der Waals surface area (Å²) in [5, 5.41) is 11.4. The molecule has 0 radical (unpaired) electrons. The van der Waals surface area contributed by atoms with E-state index in [2.05, 4.69) is 0 Å². The number of ether oxygens (including phenoxy) is 3. The first-order chi connectivity index (χ1) is 16.9. The van der Waals surface area contributed by atoms with E-state index in [0.717, 1.165) is 5.56 Å². The van der Waals surface area contributed by atoms with Crippen LogP contribution in [0.2, 0.25) is 0 Å². The van der Waals surface area contributed by atoms with Crippen LogP contribution in [0.25, 0.3) is 16.6 Å². The summed E-state index contributed by atoms with van der Waals surface area (Å²) in [7, 11) is 4.32. The normalized spacial score (nSPS) is 10.9. The van der Waals surface area contributed by atoms with Gasteiger partial charge in [-0.1, -0.05) is 30.0 Å². The van der Waals surface area contributed by atoms with Crippen LogP contribution in [0, 0.1) is 15.9 Å². The first kappa shape index (κ1) is 24.0. The van der Waals surface area contributed by atoms with Crippen LogP contribution >= 0.6 is 11.8 Å². The number of thioether (sulfide) groups is 1. The lowest BCUT2D eigenvalue weighted by Gasteiger charge is -2.17. The highest BCUT2D eigenvalue weighted by molar-refractivity contribution is 7.98. The first-order valence-electron chi connectivity index (χ1n) is 10.3. The van der Waals surface area contributed by atoms with Crippen LogP contribution in [-0.4, -0.2) is 35.8 Å². The van der Waals surface area contributed by atoms with Crippen LogP contribution in [0.4, 0.5) is 10.1 Å². The number of benzene rings is 3. The number of methoxy groups -OCH3 is 3. The van der Waals surface area contributed by atoms with Crippen molar-refractivity contribution >= 4 is 28.4 Å². The number of rotatable bonds is 8. The first-order valence-corrected chi connectivity index (χ1v) is 11.2. The summed E-state index contributed by atoms with van der Waals surface area (Å²) in [6.07, 6.45) is 0. The van der Waals surface area contributed by atoms with E-state index in [9.17, 15) is 19.3 Å². The van der Waals surface area contributed by atoms with Gasteiger partial charge in [0.2, 0.25) is 5.75 Å². The fourth-order valence-electron chi connectivity index (χ4n) is 3.57. The van der Waals surface area contributed by atoms with Crippen LogP contribution in [0.15, 0.2) is 64.5 Å². The van der Waals surface area contributed by atoms with Crippen molar-refractivity contribution in [2.24, 2.45) is 0 Å². The molecule has 0 spiro atoms. The van der Waals surface area contributed by atoms with Gasteiger partial charge in [-0.3, -0.25) is 19.5 Å². The van der Waals surface area contributed by atoms with Gasteiger partial charge in [0, 0.05) is 17.9 Å². The second-order valence-electron chi connectivity index (χ2n) is 7.27. The second kappa shape index (κ2) is 10.0. The molecule has 4 rings (SSSR count). The maximum atomic E-state index is 14.1. The van der Waals surface area contributed by atoms with Gasteiger partial charge in [-0.2, -0.15) is 0 Å². The fraction of sp³-hybridized carbons (Fsp3) is 0.167. The quantitative estimate of drug-likeness (QED) is 0.149. The highest BCUT2D eigenvalue weighted by Crippen LogP contribution is 2.42. The molecule has 0 N–H and O–H groups in total. The van der Waals surface area contributed by atoms with Gasteiger partial charge < -0.3 is 14.2 Å². The molecular weight excluding hydrogens is 477 g/mol. The van der Waals surface area contributed by atoms with Gasteiger partial charge in [0.25, 0.3) is 11.2 Å². The van der Waals surface area contributed by atoms with Crippen molar-refractivity contribution in [3.63, 3.8) is 0 Å². The SMILES string of the molecule is COc1cc2c(=O)n(-c3cccc(F)c3)c(SCc3ccc([N+](=O)[O-])cc3)nc2c(OC)c1OC. The van der Waals surface area contributed by atoms with Crippen molar-refractivity contribution in [1.29, 1.82) is 0 Å². The Kier molecular flexibility index (Phi) is 6.87. The third kappa shape index (κ3) is 4.62. The molecule has 3 aromatic carbocycles. The molecule has 0 amide bonds. The topological polar surface area (TPSA) is 106 Å². The molecule has 35 heavy (non-hydrogen) atoms. The minimum atomic E-state index is -0.509. The molecular formula is C24H20FN3O6S. The number of aromatic nitrogens is 2.